The summed E-state index contributed by atoms with van der Waals surface area (Å²) in [5.41, 5.74) is 0. The van der Waals surface area contributed by atoms with Gasteiger partial charge < -0.3 is 14.6 Å². The first-order valence-corrected chi connectivity index (χ1v) is 23.9. The molecule has 0 rings (SSSR count). The number of rotatable bonds is 44. The summed E-state index contributed by atoms with van der Waals surface area (Å²) in [6.07, 6.45) is 64.4. The maximum absolute atomic E-state index is 12.2. The Labute approximate surface area is 343 Å². The Morgan fingerprint density at radius 1 is 0.455 bits per heavy atom. The highest BCUT2D eigenvalue weighted by atomic mass is 16.6. The van der Waals surface area contributed by atoms with Crippen LogP contribution in [0.1, 0.15) is 232 Å². The van der Waals surface area contributed by atoms with Crippen LogP contribution in [0.25, 0.3) is 0 Å². The maximum atomic E-state index is 12.2. The molecule has 4 nitrogen and oxygen atoms in total. The minimum absolute atomic E-state index is 0.179. The van der Waals surface area contributed by atoms with Crippen molar-refractivity contribution in [2.45, 2.75) is 238 Å². The van der Waals surface area contributed by atoms with Gasteiger partial charge in [0.25, 0.3) is 0 Å². The summed E-state index contributed by atoms with van der Waals surface area (Å²) in [5.74, 6) is -0.214. The molecule has 1 N–H and O–H groups in total. The Kier molecular flexibility index (Phi) is 46.6. The average molecular weight is 769 g/mol. The fraction of sp³-hybridized carbons (Fsp3) is 0.784. The molecule has 0 spiro atoms. The molecule has 0 heterocycles. The smallest absolute Gasteiger partial charge is 0.306 e. The third-order valence-corrected chi connectivity index (χ3v) is 10.3. The molecule has 0 aliphatic rings. The fourth-order valence-corrected chi connectivity index (χ4v) is 6.79. The molecule has 0 aliphatic carbocycles. The van der Waals surface area contributed by atoms with Gasteiger partial charge in [-0.15, -0.1) is 0 Å². The van der Waals surface area contributed by atoms with Crippen molar-refractivity contribution in [1.82, 2.24) is 0 Å². The van der Waals surface area contributed by atoms with Crippen molar-refractivity contribution in [3.05, 3.63) is 60.8 Å². The zero-order valence-corrected chi connectivity index (χ0v) is 36.7. The van der Waals surface area contributed by atoms with Gasteiger partial charge >= 0.3 is 5.97 Å². The van der Waals surface area contributed by atoms with Crippen LogP contribution in [0.3, 0.4) is 0 Å². The van der Waals surface area contributed by atoms with Crippen molar-refractivity contribution in [2.24, 2.45) is 0 Å². The zero-order valence-electron chi connectivity index (χ0n) is 36.7. The minimum Gasteiger partial charge on any atom is -0.457 e. The molecule has 0 saturated carbocycles. The van der Waals surface area contributed by atoms with Crippen LogP contribution in [-0.2, 0) is 14.3 Å². The molecular weight excluding hydrogens is 677 g/mol. The molecule has 0 radical (unpaired) electrons. The third-order valence-electron chi connectivity index (χ3n) is 10.3. The molecule has 0 aromatic carbocycles. The van der Waals surface area contributed by atoms with Crippen LogP contribution < -0.4 is 0 Å². The number of unbranched alkanes of at least 4 members (excludes halogenated alkanes) is 26. The van der Waals surface area contributed by atoms with E-state index in [4.69, 9.17) is 9.47 Å². The van der Waals surface area contributed by atoms with Gasteiger partial charge in [0.05, 0.1) is 13.2 Å². The lowest BCUT2D eigenvalue weighted by Crippen LogP contribution is -2.27. The maximum Gasteiger partial charge on any atom is 0.306 e. The predicted octanol–water partition coefficient (Wildman–Crippen LogP) is 16.0. The molecule has 1 unspecified atom stereocenters. The number of esters is 1. The summed E-state index contributed by atoms with van der Waals surface area (Å²) in [6.45, 7) is 5.23. The van der Waals surface area contributed by atoms with E-state index in [0.717, 1.165) is 57.8 Å². The number of hydrogen-bond acceptors (Lipinski definition) is 4. The second kappa shape index (κ2) is 48.2. The predicted molar refractivity (Wildman–Crippen MR) is 242 cm³/mol. The van der Waals surface area contributed by atoms with Gasteiger partial charge in [-0.1, -0.05) is 209 Å². The summed E-state index contributed by atoms with van der Waals surface area (Å²) in [6, 6.07) is 0. The van der Waals surface area contributed by atoms with Gasteiger partial charge in [-0.3, -0.25) is 4.79 Å². The number of aliphatic hydroxyl groups is 1. The molecule has 0 saturated heterocycles. The van der Waals surface area contributed by atoms with Crippen molar-refractivity contribution in [1.29, 1.82) is 0 Å². The van der Waals surface area contributed by atoms with Gasteiger partial charge in [0.1, 0.15) is 6.10 Å². The van der Waals surface area contributed by atoms with Gasteiger partial charge in [-0.05, 0) is 77.0 Å². The Balaban J connectivity index is 3.43. The second-order valence-corrected chi connectivity index (χ2v) is 15.8. The highest BCUT2D eigenvalue weighted by molar-refractivity contribution is 5.69. The van der Waals surface area contributed by atoms with Crippen LogP contribution in [0.15, 0.2) is 60.8 Å². The third kappa shape index (κ3) is 46.4. The summed E-state index contributed by atoms with van der Waals surface area (Å²) in [4.78, 5) is 12.2. The van der Waals surface area contributed by atoms with Crippen LogP contribution in [-0.4, -0.2) is 37.0 Å². The van der Waals surface area contributed by atoms with E-state index in [1.165, 1.54) is 154 Å². The highest BCUT2D eigenvalue weighted by Crippen LogP contribution is 2.14. The van der Waals surface area contributed by atoms with E-state index in [9.17, 15) is 9.90 Å². The number of allylic oxidation sites excluding steroid dienone is 10. The molecular formula is C51H92O4. The van der Waals surface area contributed by atoms with Gasteiger partial charge in [0.15, 0.2) is 0 Å². The number of carbonyl (C=O) groups excluding carboxylic acids is 1. The monoisotopic (exact) mass is 769 g/mol. The van der Waals surface area contributed by atoms with Crippen LogP contribution >= 0.6 is 0 Å². The lowest BCUT2D eigenvalue weighted by Gasteiger charge is -2.16. The molecule has 0 amide bonds. The quantitative estimate of drug-likeness (QED) is 0.0381. The average Bonchev–Trinajstić information content (AvgIpc) is 3.19. The first-order chi connectivity index (χ1) is 27.2. The summed E-state index contributed by atoms with van der Waals surface area (Å²) in [5, 5.41) is 9.63. The van der Waals surface area contributed by atoms with Crippen molar-refractivity contribution >= 4 is 5.97 Å². The Bertz CT molecular complexity index is 900. The SMILES string of the molecule is CC/C=C\C/C=C\C/C=C\C/C=C\CCCCCCCCC(=O)OC(CO)COCCCCCCCCCCCCCC/C=C\CCCCCCCCCC. The molecule has 1 atom stereocenters. The Morgan fingerprint density at radius 2 is 0.818 bits per heavy atom. The molecule has 55 heavy (non-hydrogen) atoms. The molecule has 0 fully saturated rings. The minimum atomic E-state index is -0.544. The van der Waals surface area contributed by atoms with Crippen LogP contribution in [0.5, 0.6) is 0 Å². The number of carbonyl (C=O) groups is 1. The van der Waals surface area contributed by atoms with Gasteiger partial charge in [0.2, 0.25) is 0 Å². The van der Waals surface area contributed by atoms with E-state index in [-0.39, 0.29) is 19.2 Å². The van der Waals surface area contributed by atoms with Crippen molar-refractivity contribution in [3.8, 4) is 0 Å². The van der Waals surface area contributed by atoms with Crippen molar-refractivity contribution < 1.29 is 19.4 Å². The molecule has 0 aliphatic heterocycles. The zero-order chi connectivity index (χ0) is 39.8. The number of hydrogen-bond donors (Lipinski definition) is 1. The summed E-state index contributed by atoms with van der Waals surface area (Å²) < 4.78 is 11.2. The number of aliphatic hydroxyl groups excluding tert-OH is 1. The van der Waals surface area contributed by atoms with Gasteiger partial charge in [0, 0.05) is 13.0 Å². The molecule has 0 aromatic heterocycles. The van der Waals surface area contributed by atoms with E-state index in [0.29, 0.717) is 13.0 Å². The first-order valence-electron chi connectivity index (χ1n) is 23.9. The van der Waals surface area contributed by atoms with Gasteiger partial charge in [-0.25, -0.2) is 0 Å². The Morgan fingerprint density at radius 3 is 1.25 bits per heavy atom. The van der Waals surface area contributed by atoms with Crippen molar-refractivity contribution in [2.75, 3.05) is 19.8 Å². The van der Waals surface area contributed by atoms with E-state index >= 15 is 0 Å². The van der Waals surface area contributed by atoms with E-state index < -0.39 is 6.10 Å². The van der Waals surface area contributed by atoms with Gasteiger partial charge in [-0.2, -0.15) is 0 Å². The van der Waals surface area contributed by atoms with E-state index in [1.54, 1.807) is 0 Å². The first kappa shape index (κ1) is 53.1. The normalized spacial score (nSPS) is 12.9. The topological polar surface area (TPSA) is 55.8 Å². The van der Waals surface area contributed by atoms with Crippen molar-refractivity contribution in [3.63, 3.8) is 0 Å². The summed E-state index contributed by atoms with van der Waals surface area (Å²) in [7, 11) is 0. The highest BCUT2D eigenvalue weighted by Gasteiger charge is 2.13. The molecule has 0 aromatic rings. The summed E-state index contributed by atoms with van der Waals surface area (Å²) >= 11 is 0. The lowest BCUT2D eigenvalue weighted by atomic mass is 10.0. The van der Waals surface area contributed by atoms with E-state index in [2.05, 4.69) is 74.6 Å². The fourth-order valence-electron chi connectivity index (χ4n) is 6.79. The molecule has 0 bridgehead atoms. The lowest BCUT2D eigenvalue weighted by molar-refractivity contribution is -0.154. The standard InChI is InChI=1S/C51H92O4/c1-3-5-7-9-11-13-15-17-19-21-23-24-25-26-27-29-31-33-35-37-39-41-43-45-47-54-49-50(48-52)55-51(53)46-44-42-40-38-36-34-32-30-28-22-20-18-16-14-12-10-8-6-4-2/h6,8,12,14,18,20-21,23,28,30,50,52H,3-5,7,9-11,13,15-17,19,22,24-27,29,31-49H2,1-2H3/b8-6-,14-12-,20-18-,23-21-,30-28-. The molecule has 4 heteroatoms. The largest absolute Gasteiger partial charge is 0.457 e. The van der Waals surface area contributed by atoms with E-state index in [1.807, 2.05) is 0 Å². The second-order valence-electron chi connectivity index (χ2n) is 15.8. The van der Waals surface area contributed by atoms with Crippen LogP contribution in [0.4, 0.5) is 0 Å². The molecule has 320 valence electrons. The Hall–Kier alpha value is -1.91. The van der Waals surface area contributed by atoms with Crippen LogP contribution in [0.2, 0.25) is 0 Å². The van der Waals surface area contributed by atoms with Crippen LogP contribution in [0, 0.1) is 0 Å². The number of ether oxygens (including phenoxy) is 2.